The molecule has 0 unspecified atom stereocenters. The highest BCUT2D eigenvalue weighted by atomic mass is 28.3. The summed E-state index contributed by atoms with van der Waals surface area (Å²) in [4.78, 5) is 0. The van der Waals surface area contributed by atoms with Crippen LogP contribution in [0.5, 0.6) is 0 Å². The van der Waals surface area contributed by atoms with Gasteiger partial charge in [-0.3, -0.25) is 0 Å². The maximum Gasteiger partial charge on any atom is 0.0792 e. The molecule has 2 heteroatoms. The summed E-state index contributed by atoms with van der Waals surface area (Å²) in [5.41, 5.74) is 6.59. The number of aryl methyl sites for hydroxylation is 1. The molecule has 129 valence electrons. The fourth-order valence-electron chi connectivity index (χ4n) is 3.53. The minimum absolute atomic E-state index is 1.14. The Labute approximate surface area is 162 Å². The first-order valence-corrected chi connectivity index (χ1v) is 13.1. The van der Waals surface area contributed by atoms with E-state index in [4.69, 9.17) is 0 Å². The van der Waals surface area contributed by atoms with Gasteiger partial charge in [0.2, 0.25) is 0 Å². The van der Waals surface area contributed by atoms with Gasteiger partial charge in [-0.05, 0) is 39.9 Å². The molecule has 3 aromatic carbocycles. The second kappa shape index (κ2) is 7.60. The van der Waals surface area contributed by atoms with E-state index < -0.39 is 8.07 Å². The molecule has 0 heterocycles. The van der Waals surface area contributed by atoms with Crippen LogP contribution >= 0.6 is 0 Å². The molecule has 3 radical (unpaired) electrons. The summed E-state index contributed by atoms with van der Waals surface area (Å²) < 4.78 is 0. The van der Waals surface area contributed by atoms with Crippen molar-refractivity contribution in [3.63, 3.8) is 0 Å². The third kappa shape index (κ3) is 3.82. The summed E-state index contributed by atoms with van der Waals surface area (Å²) in [6, 6.07) is 28.2. The SMILES string of the molecule is Cc1ccccc1C(=C(c1ccccc1)[Si](C)(C)C)c1ccccc1[Si]. The molecule has 0 aliphatic heterocycles. The molecule has 0 aliphatic carbocycles. The van der Waals surface area contributed by atoms with Crippen LogP contribution in [-0.4, -0.2) is 18.3 Å². The zero-order valence-corrected chi connectivity index (χ0v) is 18.0. The predicted octanol–water partition coefficient (Wildman–Crippen LogP) is 5.63. The second-order valence-electron chi connectivity index (χ2n) is 7.73. The first-order chi connectivity index (χ1) is 12.4. The molecule has 26 heavy (non-hydrogen) atoms. The largest absolute Gasteiger partial charge is 0.0792 e. The van der Waals surface area contributed by atoms with Gasteiger partial charge in [0.25, 0.3) is 0 Å². The van der Waals surface area contributed by atoms with E-state index in [9.17, 15) is 0 Å². The van der Waals surface area contributed by atoms with Gasteiger partial charge < -0.3 is 0 Å². The molecule has 0 spiro atoms. The number of rotatable bonds is 4. The third-order valence-corrected chi connectivity index (χ3v) is 7.15. The van der Waals surface area contributed by atoms with Crippen molar-refractivity contribution in [3.8, 4) is 0 Å². The molecule has 0 amide bonds. The number of benzene rings is 3. The maximum atomic E-state index is 3.87. The van der Waals surface area contributed by atoms with Gasteiger partial charge in [0.15, 0.2) is 0 Å². The lowest BCUT2D eigenvalue weighted by Gasteiger charge is -2.28. The van der Waals surface area contributed by atoms with Crippen LogP contribution in [0.15, 0.2) is 78.9 Å². The van der Waals surface area contributed by atoms with Crippen molar-refractivity contribution in [1.29, 1.82) is 0 Å². The average molecular weight is 370 g/mol. The monoisotopic (exact) mass is 369 g/mol. The molecule has 0 fully saturated rings. The fraction of sp³-hybridized carbons (Fsp3) is 0.167. The van der Waals surface area contributed by atoms with Crippen molar-refractivity contribution < 1.29 is 0 Å². The summed E-state index contributed by atoms with van der Waals surface area (Å²) >= 11 is 0. The van der Waals surface area contributed by atoms with Crippen molar-refractivity contribution in [2.45, 2.75) is 26.6 Å². The van der Waals surface area contributed by atoms with Gasteiger partial charge in [-0.15, -0.1) is 0 Å². The lowest BCUT2D eigenvalue weighted by Crippen LogP contribution is -2.26. The quantitative estimate of drug-likeness (QED) is 0.413. The van der Waals surface area contributed by atoms with E-state index in [-0.39, 0.29) is 0 Å². The number of hydrogen-bond donors (Lipinski definition) is 0. The molecule has 0 saturated carbocycles. The van der Waals surface area contributed by atoms with E-state index in [1.54, 1.807) is 0 Å². The number of hydrogen-bond acceptors (Lipinski definition) is 0. The Bertz CT molecular complexity index is 884. The molecular weight excluding hydrogens is 344 g/mol. The molecule has 0 aromatic heterocycles. The Morgan fingerprint density at radius 3 is 1.81 bits per heavy atom. The molecule has 0 nitrogen and oxygen atoms in total. The van der Waals surface area contributed by atoms with Crippen molar-refractivity contribution >= 4 is 34.3 Å². The molecular formula is C24H25Si2. The molecule has 0 bridgehead atoms. The van der Waals surface area contributed by atoms with Crippen LogP contribution in [0.1, 0.15) is 22.3 Å². The van der Waals surface area contributed by atoms with Gasteiger partial charge in [-0.25, -0.2) is 0 Å². The van der Waals surface area contributed by atoms with Crippen LogP contribution in [-0.2, 0) is 0 Å². The third-order valence-electron chi connectivity index (χ3n) is 4.67. The summed E-state index contributed by atoms with van der Waals surface area (Å²) in [6.07, 6.45) is 0. The Balaban J connectivity index is 2.47. The highest BCUT2D eigenvalue weighted by Gasteiger charge is 2.27. The molecule has 0 saturated heterocycles. The first-order valence-electron chi connectivity index (χ1n) is 9.07. The first kappa shape index (κ1) is 18.6. The van der Waals surface area contributed by atoms with E-state index in [2.05, 4.69) is 116 Å². The van der Waals surface area contributed by atoms with Gasteiger partial charge >= 0.3 is 0 Å². The molecule has 0 N–H and O–H groups in total. The second-order valence-corrected chi connectivity index (χ2v) is 13.3. The summed E-state index contributed by atoms with van der Waals surface area (Å²) in [5, 5.41) is 2.63. The molecule has 3 rings (SSSR count). The topological polar surface area (TPSA) is 0 Å². The van der Waals surface area contributed by atoms with E-state index in [0.29, 0.717) is 0 Å². The van der Waals surface area contributed by atoms with Gasteiger partial charge in [-0.2, -0.15) is 0 Å². The average Bonchev–Trinajstić information content (AvgIpc) is 2.61. The fourth-order valence-corrected chi connectivity index (χ4v) is 5.88. The highest BCUT2D eigenvalue weighted by Crippen LogP contribution is 2.38. The van der Waals surface area contributed by atoms with E-state index in [0.717, 1.165) is 5.19 Å². The molecule has 0 atom stereocenters. The van der Waals surface area contributed by atoms with Crippen LogP contribution in [0.2, 0.25) is 19.6 Å². The predicted molar refractivity (Wildman–Crippen MR) is 119 cm³/mol. The highest BCUT2D eigenvalue weighted by molar-refractivity contribution is 6.95. The van der Waals surface area contributed by atoms with Crippen LogP contribution in [0.4, 0.5) is 0 Å². The lowest BCUT2D eigenvalue weighted by molar-refractivity contribution is 1.42. The van der Waals surface area contributed by atoms with E-state index >= 15 is 0 Å². The van der Waals surface area contributed by atoms with Crippen molar-refractivity contribution in [3.05, 3.63) is 101 Å². The van der Waals surface area contributed by atoms with E-state index in [1.807, 2.05) is 0 Å². The van der Waals surface area contributed by atoms with Crippen LogP contribution in [0, 0.1) is 6.92 Å². The normalized spacial score (nSPS) is 12.7. The zero-order valence-electron chi connectivity index (χ0n) is 16.0. The summed E-state index contributed by atoms with van der Waals surface area (Å²) in [7, 11) is 2.22. The Hall–Kier alpha value is -2.17. The molecule has 0 aliphatic rings. The lowest BCUT2D eigenvalue weighted by atomic mass is 9.92. The van der Waals surface area contributed by atoms with Crippen molar-refractivity contribution in [2.75, 3.05) is 0 Å². The zero-order chi connectivity index (χ0) is 18.7. The van der Waals surface area contributed by atoms with Gasteiger partial charge in [-0.1, -0.05) is 104 Å². The van der Waals surface area contributed by atoms with Crippen molar-refractivity contribution in [1.82, 2.24) is 0 Å². The standard InChI is InChI=1S/C24H25Si2/c1-18-12-8-9-15-20(18)23(21-16-10-11-17-22(21)25)24(26(2,3)4)19-13-6-5-7-14-19/h5-17H,1-4H3. The van der Waals surface area contributed by atoms with Crippen molar-refractivity contribution in [2.24, 2.45) is 0 Å². The Morgan fingerprint density at radius 2 is 1.23 bits per heavy atom. The van der Waals surface area contributed by atoms with Crippen LogP contribution in [0.25, 0.3) is 10.8 Å². The minimum atomic E-state index is -1.64. The minimum Gasteiger partial charge on any atom is -0.0656 e. The Kier molecular flexibility index (Phi) is 5.45. The summed E-state index contributed by atoms with van der Waals surface area (Å²) in [5.74, 6) is 0. The van der Waals surface area contributed by atoms with E-state index in [1.165, 1.54) is 33.0 Å². The molecule has 3 aromatic rings. The summed E-state index contributed by atoms with van der Waals surface area (Å²) in [6.45, 7) is 9.51. The van der Waals surface area contributed by atoms with Gasteiger partial charge in [0, 0.05) is 0 Å². The van der Waals surface area contributed by atoms with Crippen LogP contribution < -0.4 is 5.19 Å². The maximum absolute atomic E-state index is 3.87. The Morgan fingerprint density at radius 1 is 0.692 bits per heavy atom. The van der Waals surface area contributed by atoms with Gasteiger partial charge in [0.1, 0.15) is 0 Å². The smallest absolute Gasteiger partial charge is 0.0656 e. The van der Waals surface area contributed by atoms with Crippen LogP contribution in [0.3, 0.4) is 0 Å². The van der Waals surface area contributed by atoms with Gasteiger partial charge in [0.05, 0.1) is 18.3 Å².